The van der Waals surface area contributed by atoms with Crippen molar-refractivity contribution in [1.82, 2.24) is 10.2 Å². The van der Waals surface area contributed by atoms with Crippen LogP contribution in [0.15, 0.2) is 47.4 Å². The number of aryl methyl sites for hydroxylation is 1. The molecular formula is C26H33F3N4O7S. The number of benzene rings is 2. The number of anilines is 2. The van der Waals surface area contributed by atoms with Crippen LogP contribution in [0.4, 0.5) is 24.5 Å². The van der Waals surface area contributed by atoms with Gasteiger partial charge in [0.2, 0.25) is 5.91 Å². The van der Waals surface area contributed by atoms with Crippen LogP contribution >= 0.6 is 0 Å². The standard InChI is InChI=1S/C24H32N4O5S.C2HF3O2/c1-3-4-11-25-23(29)17-27-12-14-28(15-13-27)22-10-7-19(24(30)31)16-21(22)26-34(32,33)20-8-5-18(2)6-9-20;3-2(4,5)1(6)7/h5-10,16,26H,3-4,11-15,17H2,1-2H3,(H,25,29)(H,30,31);(H,6,7). The highest BCUT2D eigenvalue weighted by Gasteiger charge is 2.38. The molecule has 0 spiro atoms. The first kappa shape index (κ1) is 33.4. The molecule has 0 radical (unpaired) electrons. The fraction of sp³-hybridized carbons (Fsp3) is 0.423. The fourth-order valence-corrected chi connectivity index (χ4v) is 4.82. The lowest BCUT2D eigenvalue weighted by Crippen LogP contribution is -2.49. The third-order valence-corrected chi connectivity index (χ3v) is 7.38. The van der Waals surface area contributed by atoms with Gasteiger partial charge >= 0.3 is 18.1 Å². The molecular weight excluding hydrogens is 569 g/mol. The highest BCUT2D eigenvalue weighted by Crippen LogP contribution is 2.30. The molecule has 0 aliphatic carbocycles. The summed E-state index contributed by atoms with van der Waals surface area (Å²) in [6, 6.07) is 10.9. The van der Waals surface area contributed by atoms with Crippen molar-refractivity contribution in [2.75, 3.05) is 48.9 Å². The molecule has 0 bridgehead atoms. The maximum atomic E-state index is 13.0. The maximum absolute atomic E-state index is 13.0. The summed E-state index contributed by atoms with van der Waals surface area (Å²) in [5.74, 6) is -3.90. The lowest BCUT2D eigenvalue weighted by molar-refractivity contribution is -0.192. The number of aliphatic carboxylic acids is 1. The smallest absolute Gasteiger partial charge is 0.478 e. The van der Waals surface area contributed by atoms with Gasteiger partial charge in [0, 0.05) is 32.7 Å². The Labute approximate surface area is 236 Å². The molecule has 15 heteroatoms. The van der Waals surface area contributed by atoms with Crippen LogP contribution in [0.3, 0.4) is 0 Å². The summed E-state index contributed by atoms with van der Waals surface area (Å²) in [5, 5.41) is 19.5. The van der Waals surface area contributed by atoms with Crippen LogP contribution in [-0.2, 0) is 19.6 Å². The number of carbonyl (C=O) groups excluding carboxylic acids is 1. The van der Waals surface area contributed by atoms with E-state index in [4.69, 9.17) is 9.90 Å². The molecule has 0 atom stereocenters. The maximum Gasteiger partial charge on any atom is 0.490 e. The second kappa shape index (κ2) is 14.7. The van der Waals surface area contributed by atoms with Crippen molar-refractivity contribution in [2.24, 2.45) is 0 Å². The van der Waals surface area contributed by atoms with Gasteiger partial charge in [0.1, 0.15) is 0 Å². The van der Waals surface area contributed by atoms with Gasteiger partial charge in [-0.1, -0.05) is 31.0 Å². The van der Waals surface area contributed by atoms with E-state index < -0.39 is 28.1 Å². The second-order valence-electron chi connectivity index (χ2n) is 9.23. The number of nitrogens with zero attached hydrogens (tertiary/aromatic N) is 2. The number of carboxylic acid groups (broad SMARTS) is 2. The minimum atomic E-state index is -5.08. The molecule has 2 aromatic carbocycles. The average Bonchev–Trinajstić information content (AvgIpc) is 2.89. The Morgan fingerprint density at radius 3 is 2.07 bits per heavy atom. The number of unbranched alkanes of at least 4 members (excludes halogenated alkanes) is 1. The van der Waals surface area contributed by atoms with E-state index in [1.165, 1.54) is 24.3 Å². The van der Waals surface area contributed by atoms with Gasteiger partial charge in [0.15, 0.2) is 0 Å². The zero-order chi connectivity index (χ0) is 30.8. The summed E-state index contributed by atoms with van der Waals surface area (Å²) in [4.78, 5) is 36.7. The van der Waals surface area contributed by atoms with Crippen molar-refractivity contribution in [3.8, 4) is 0 Å². The Morgan fingerprint density at radius 1 is 0.976 bits per heavy atom. The number of hydrogen-bond donors (Lipinski definition) is 4. The van der Waals surface area contributed by atoms with Crippen molar-refractivity contribution in [3.05, 3.63) is 53.6 Å². The predicted molar refractivity (Wildman–Crippen MR) is 146 cm³/mol. The zero-order valence-corrected chi connectivity index (χ0v) is 23.4. The van der Waals surface area contributed by atoms with Crippen molar-refractivity contribution in [2.45, 2.75) is 37.8 Å². The molecule has 1 saturated heterocycles. The first-order valence-electron chi connectivity index (χ1n) is 12.6. The number of alkyl halides is 3. The van der Waals surface area contributed by atoms with E-state index in [2.05, 4.69) is 21.9 Å². The predicted octanol–water partition coefficient (Wildman–Crippen LogP) is 3.17. The van der Waals surface area contributed by atoms with Crippen LogP contribution in [0, 0.1) is 6.92 Å². The van der Waals surface area contributed by atoms with E-state index in [-0.39, 0.29) is 22.1 Å². The first-order valence-corrected chi connectivity index (χ1v) is 14.1. The largest absolute Gasteiger partial charge is 0.490 e. The van der Waals surface area contributed by atoms with E-state index in [9.17, 15) is 36.3 Å². The van der Waals surface area contributed by atoms with Crippen LogP contribution in [-0.4, -0.2) is 86.8 Å². The summed E-state index contributed by atoms with van der Waals surface area (Å²) >= 11 is 0. The molecule has 41 heavy (non-hydrogen) atoms. The van der Waals surface area contributed by atoms with E-state index >= 15 is 0 Å². The molecule has 2 aromatic rings. The van der Waals surface area contributed by atoms with Crippen molar-refractivity contribution in [3.63, 3.8) is 0 Å². The molecule has 1 fully saturated rings. The molecule has 0 saturated carbocycles. The van der Waals surface area contributed by atoms with Crippen LogP contribution in [0.5, 0.6) is 0 Å². The average molecular weight is 603 g/mol. The van der Waals surface area contributed by atoms with Gasteiger partial charge in [0.05, 0.1) is 28.4 Å². The highest BCUT2D eigenvalue weighted by atomic mass is 32.2. The van der Waals surface area contributed by atoms with Crippen LogP contribution in [0.2, 0.25) is 0 Å². The van der Waals surface area contributed by atoms with E-state index in [0.717, 1.165) is 18.4 Å². The number of hydrogen-bond acceptors (Lipinski definition) is 7. The summed E-state index contributed by atoms with van der Waals surface area (Å²) < 4.78 is 60.3. The summed E-state index contributed by atoms with van der Waals surface area (Å²) in [6.07, 6.45) is -3.11. The summed E-state index contributed by atoms with van der Waals surface area (Å²) in [5.41, 5.74) is 1.75. The van der Waals surface area contributed by atoms with Crippen molar-refractivity contribution in [1.29, 1.82) is 0 Å². The number of nitrogens with one attached hydrogen (secondary N) is 2. The Bertz CT molecular complexity index is 1310. The number of aromatic carboxylic acids is 1. The number of halogens is 3. The Balaban J connectivity index is 0.000000745. The van der Waals surface area contributed by atoms with Gasteiger partial charge in [-0.25, -0.2) is 18.0 Å². The van der Waals surface area contributed by atoms with Crippen LogP contribution in [0.25, 0.3) is 0 Å². The molecule has 0 unspecified atom stereocenters. The van der Waals surface area contributed by atoms with Gasteiger partial charge in [-0.2, -0.15) is 13.2 Å². The highest BCUT2D eigenvalue weighted by molar-refractivity contribution is 7.92. The molecule has 1 amide bonds. The number of rotatable bonds is 10. The molecule has 3 rings (SSSR count). The van der Waals surface area contributed by atoms with Gasteiger partial charge in [0.25, 0.3) is 10.0 Å². The minimum Gasteiger partial charge on any atom is -0.478 e. The minimum absolute atomic E-state index is 0.000687. The fourth-order valence-electron chi connectivity index (χ4n) is 3.76. The lowest BCUT2D eigenvalue weighted by Gasteiger charge is -2.36. The first-order chi connectivity index (χ1) is 19.1. The number of sulfonamides is 1. The summed E-state index contributed by atoms with van der Waals surface area (Å²) in [6.45, 7) is 7.36. The second-order valence-corrected chi connectivity index (χ2v) is 10.9. The number of piperazine rings is 1. The number of carboxylic acids is 2. The molecule has 226 valence electrons. The van der Waals surface area contributed by atoms with Gasteiger partial charge in [-0.05, 0) is 43.7 Å². The Morgan fingerprint density at radius 2 is 1.56 bits per heavy atom. The van der Waals surface area contributed by atoms with Crippen molar-refractivity contribution >= 4 is 39.2 Å². The zero-order valence-electron chi connectivity index (χ0n) is 22.6. The molecule has 1 heterocycles. The van der Waals surface area contributed by atoms with Gasteiger partial charge in [-0.3, -0.25) is 14.4 Å². The number of amides is 1. The van der Waals surface area contributed by atoms with Crippen LogP contribution < -0.4 is 14.9 Å². The third-order valence-electron chi connectivity index (χ3n) is 5.99. The van der Waals surface area contributed by atoms with E-state index in [1.807, 2.05) is 11.8 Å². The molecule has 4 N–H and O–H groups in total. The van der Waals surface area contributed by atoms with E-state index in [0.29, 0.717) is 45.0 Å². The lowest BCUT2D eigenvalue weighted by atomic mass is 10.1. The molecule has 0 aromatic heterocycles. The van der Waals surface area contributed by atoms with Gasteiger partial charge < -0.3 is 20.4 Å². The molecule has 1 aliphatic heterocycles. The Kier molecular flexibility index (Phi) is 11.9. The summed E-state index contributed by atoms with van der Waals surface area (Å²) in [7, 11) is -3.90. The van der Waals surface area contributed by atoms with Crippen molar-refractivity contribution < 1.29 is 46.2 Å². The topological polar surface area (TPSA) is 156 Å². The normalized spacial score (nSPS) is 14.0. The number of carbonyl (C=O) groups is 3. The third kappa shape index (κ3) is 10.6. The van der Waals surface area contributed by atoms with Gasteiger partial charge in [-0.15, -0.1) is 0 Å². The SMILES string of the molecule is CCCCNC(=O)CN1CCN(c2ccc(C(=O)O)cc2NS(=O)(=O)c2ccc(C)cc2)CC1.O=C(O)C(F)(F)F. The molecule has 11 nitrogen and oxygen atoms in total. The molecule has 1 aliphatic rings. The van der Waals surface area contributed by atoms with E-state index in [1.54, 1.807) is 18.2 Å². The van der Waals surface area contributed by atoms with Crippen LogP contribution in [0.1, 0.15) is 35.7 Å². The quantitative estimate of drug-likeness (QED) is 0.300. The Hall–Kier alpha value is -3.85. The monoisotopic (exact) mass is 602 g/mol.